The molecule has 0 bridgehead atoms. The smallest absolute Gasteiger partial charge is 0.183 e. The van der Waals surface area contributed by atoms with E-state index in [2.05, 4.69) is 39.7 Å². The molecule has 3 heterocycles. The number of aromatic nitrogens is 5. The molecular weight excluding hydrogens is 356 g/mol. The average molecular weight is 376 g/mol. The maximum absolute atomic E-state index is 4.78. The van der Waals surface area contributed by atoms with Crippen LogP contribution < -0.4 is 5.32 Å². The van der Waals surface area contributed by atoms with Gasteiger partial charge in [0.1, 0.15) is 11.4 Å². The van der Waals surface area contributed by atoms with Crippen molar-refractivity contribution in [1.82, 2.24) is 25.0 Å². The summed E-state index contributed by atoms with van der Waals surface area (Å²) in [5.41, 5.74) is 3.65. The Hall–Kier alpha value is -2.80. The predicted octanol–water partition coefficient (Wildman–Crippen LogP) is 4.60. The third-order valence-electron chi connectivity index (χ3n) is 5.07. The quantitative estimate of drug-likeness (QED) is 0.564. The minimum Gasteiger partial charge on any atom is -0.359 e. The van der Waals surface area contributed by atoms with E-state index >= 15 is 0 Å². The van der Waals surface area contributed by atoms with Crippen LogP contribution in [0.5, 0.6) is 0 Å². The van der Waals surface area contributed by atoms with Gasteiger partial charge in [-0.2, -0.15) is 0 Å². The van der Waals surface area contributed by atoms with Crippen LogP contribution in [0.3, 0.4) is 0 Å². The molecule has 0 amide bonds. The van der Waals surface area contributed by atoms with Gasteiger partial charge in [-0.3, -0.25) is 4.98 Å². The summed E-state index contributed by atoms with van der Waals surface area (Å²) in [7, 11) is 0. The van der Waals surface area contributed by atoms with E-state index in [0.717, 1.165) is 38.0 Å². The number of thiazole rings is 1. The summed E-state index contributed by atoms with van der Waals surface area (Å²) in [5, 5.41) is 14.3. The maximum Gasteiger partial charge on any atom is 0.183 e. The Morgan fingerprint density at radius 1 is 1.19 bits per heavy atom. The van der Waals surface area contributed by atoms with Crippen LogP contribution in [-0.2, 0) is 0 Å². The van der Waals surface area contributed by atoms with E-state index in [9.17, 15) is 0 Å². The summed E-state index contributed by atoms with van der Waals surface area (Å²) >= 11 is 1.70. The van der Waals surface area contributed by atoms with Crippen molar-refractivity contribution in [3.8, 4) is 17.1 Å². The standard InChI is InChI=1S/C20H20N6S/c1-13-19(23-20(27-13)22-15-6-2-3-7-15)18-12-26(25-24-18)16-8-9-17-14(11-16)5-4-10-21-17/h4-5,8-12,15H,2-3,6-7H2,1H3,(H,22,23). The molecule has 0 saturated heterocycles. The monoisotopic (exact) mass is 376 g/mol. The minimum absolute atomic E-state index is 0.560. The highest BCUT2D eigenvalue weighted by atomic mass is 32.1. The number of rotatable bonds is 4. The summed E-state index contributed by atoms with van der Waals surface area (Å²) < 4.78 is 1.80. The van der Waals surface area contributed by atoms with Gasteiger partial charge in [-0.1, -0.05) is 24.1 Å². The number of hydrogen-bond donors (Lipinski definition) is 1. The molecule has 6 nitrogen and oxygen atoms in total. The molecule has 27 heavy (non-hydrogen) atoms. The highest BCUT2D eigenvalue weighted by Crippen LogP contribution is 2.31. The largest absolute Gasteiger partial charge is 0.359 e. The molecule has 4 aromatic rings. The number of pyridine rings is 1. The zero-order valence-electron chi connectivity index (χ0n) is 15.1. The second-order valence-corrected chi connectivity index (χ2v) is 8.18. The van der Waals surface area contributed by atoms with E-state index in [1.54, 1.807) is 22.2 Å². The van der Waals surface area contributed by atoms with Crippen LogP contribution in [0.1, 0.15) is 30.6 Å². The first-order chi connectivity index (χ1) is 13.3. The molecule has 1 aliphatic rings. The van der Waals surface area contributed by atoms with Gasteiger partial charge in [0.05, 0.1) is 17.4 Å². The Bertz CT molecular complexity index is 1090. The Balaban J connectivity index is 1.43. The lowest BCUT2D eigenvalue weighted by atomic mass is 10.2. The summed E-state index contributed by atoms with van der Waals surface area (Å²) in [6, 6.07) is 10.6. The Morgan fingerprint density at radius 2 is 2.07 bits per heavy atom. The molecule has 1 saturated carbocycles. The van der Waals surface area contributed by atoms with Gasteiger partial charge in [-0.05, 0) is 44.0 Å². The summed E-state index contributed by atoms with van der Waals surface area (Å²) in [6.07, 6.45) is 8.84. The van der Waals surface area contributed by atoms with Crippen LogP contribution >= 0.6 is 11.3 Å². The first-order valence-electron chi connectivity index (χ1n) is 9.28. The molecule has 0 radical (unpaired) electrons. The van der Waals surface area contributed by atoms with Gasteiger partial charge in [0.2, 0.25) is 0 Å². The predicted molar refractivity (Wildman–Crippen MR) is 108 cm³/mol. The van der Waals surface area contributed by atoms with Crippen LogP contribution in [0, 0.1) is 6.92 Å². The van der Waals surface area contributed by atoms with Crippen LogP contribution in [0.4, 0.5) is 5.13 Å². The lowest BCUT2D eigenvalue weighted by molar-refractivity contribution is 0.754. The molecule has 1 aliphatic carbocycles. The third-order valence-corrected chi connectivity index (χ3v) is 5.97. The number of nitrogens with zero attached hydrogens (tertiary/aromatic N) is 5. The van der Waals surface area contributed by atoms with E-state index in [-0.39, 0.29) is 0 Å². The van der Waals surface area contributed by atoms with Crippen molar-refractivity contribution in [1.29, 1.82) is 0 Å². The van der Waals surface area contributed by atoms with Crippen LogP contribution in [0.15, 0.2) is 42.7 Å². The van der Waals surface area contributed by atoms with E-state index in [1.165, 1.54) is 25.7 Å². The van der Waals surface area contributed by atoms with E-state index < -0.39 is 0 Å². The van der Waals surface area contributed by atoms with Gasteiger partial charge in [0.25, 0.3) is 0 Å². The maximum atomic E-state index is 4.78. The van der Waals surface area contributed by atoms with Gasteiger partial charge in [0.15, 0.2) is 5.13 Å². The van der Waals surface area contributed by atoms with Crippen molar-refractivity contribution in [2.75, 3.05) is 5.32 Å². The Labute approximate surface area is 161 Å². The van der Waals surface area contributed by atoms with Crippen molar-refractivity contribution in [3.63, 3.8) is 0 Å². The minimum atomic E-state index is 0.560. The van der Waals surface area contributed by atoms with Gasteiger partial charge in [-0.15, -0.1) is 16.4 Å². The van der Waals surface area contributed by atoms with Crippen molar-refractivity contribution in [3.05, 3.63) is 47.6 Å². The molecule has 7 heteroatoms. The molecule has 0 atom stereocenters. The number of fused-ring (bicyclic) bond motifs is 1. The molecule has 1 N–H and O–H groups in total. The van der Waals surface area contributed by atoms with Crippen molar-refractivity contribution >= 4 is 27.4 Å². The molecule has 136 valence electrons. The number of nitrogens with one attached hydrogen (secondary N) is 1. The van der Waals surface area contributed by atoms with Crippen LogP contribution in [0.2, 0.25) is 0 Å². The lowest BCUT2D eigenvalue weighted by Crippen LogP contribution is -2.13. The topological polar surface area (TPSA) is 68.5 Å². The second-order valence-electron chi connectivity index (χ2n) is 6.98. The van der Waals surface area contributed by atoms with Gasteiger partial charge in [-0.25, -0.2) is 9.67 Å². The summed E-state index contributed by atoms with van der Waals surface area (Å²) in [5.74, 6) is 0. The molecule has 0 aliphatic heterocycles. The lowest BCUT2D eigenvalue weighted by Gasteiger charge is -2.09. The molecular formula is C20H20N6S. The second kappa shape index (κ2) is 6.74. The normalized spacial score (nSPS) is 14.9. The Morgan fingerprint density at radius 3 is 2.96 bits per heavy atom. The van der Waals surface area contributed by atoms with Gasteiger partial charge >= 0.3 is 0 Å². The summed E-state index contributed by atoms with van der Waals surface area (Å²) in [4.78, 5) is 10.3. The summed E-state index contributed by atoms with van der Waals surface area (Å²) in [6.45, 7) is 2.09. The first-order valence-corrected chi connectivity index (χ1v) is 10.1. The van der Waals surface area contributed by atoms with Crippen molar-refractivity contribution < 1.29 is 0 Å². The Kier molecular flexibility index (Phi) is 4.09. The molecule has 1 fully saturated rings. The molecule has 3 aromatic heterocycles. The molecule has 0 unspecified atom stereocenters. The van der Waals surface area contributed by atoms with Gasteiger partial charge < -0.3 is 5.32 Å². The first kappa shape index (κ1) is 16.4. The number of hydrogen-bond acceptors (Lipinski definition) is 6. The zero-order valence-corrected chi connectivity index (χ0v) is 15.9. The van der Waals surface area contributed by atoms with E-state index in [4.69, 9.17) is 4.98 Å². The fourth-order valence-corrected chi connectivity index (χ4v) is 4.54. The van der Waals surface area contributed by atoms with E-state index in [0.29, 0.717) is 6.04 Å². The fourth-order valence-electron chi connectivity index (χ4n) is 3.64. The van der Waals surface area contributed by atoms with E-state index in [1.807, 2.05) is 24.4 Å². The molecule has 1 aromatic carbocycles. The average Bonchev–Trinajstić information content (AvgIpc) is 3.43. The zero-order chi connectivity index (χ0) is 18.2. The number of benzene rings is 1. The third kappa shape index (κ3) is 3.19. The fraction of sp³-hybridized carbons (Fsp3) is 0.300. The number of aryl methyl sites for hydroxylation is 1. The molecule has 0 spiro atoms. The highest BCUT2D eigenvalue weighted by molar-refractivity contribution is 7.16. The number of anilines is 1. The van der Waals surface area contributed by atoms with Crippen molar-refractivity contribution in [2.45, 2.75) is 38.6 Å². The van der Waals surface area contributed by atoms with Gasteiger partial charge in [0, 0.05) is 22.5 Å². The van der Waals surface area contributed by atoms with Crippen molar-refractivity contribution in [2.24, 2.45) is 0 Å². The van der Waals surface area contributed by atoms with Crippen LogP contribution in [-0.4, -0.2) is 31.0 Å². The van der Waals surface area contributed by atoms with Crippen LogP contribution in [0.25, 0.3) is 28.0 Å². The highest BCUT2D eigenvalue weighted by Gasteiger charge is 2.19. The molecule has 5 rings (SSSR count). The SMILES string of the molecule is Cc1sc(NC2CCCC2)nc1-c1cn(-c2ccc3ncccc3c2)nn1.